The van der Waals surface area contributed by atoms with Gasteiger partial charge < -0.3 is 10.6 Å². The van der Waals surface area contributed by atoms with Crippen molar-refractivity contribution in [1.82, 2.24) is 10.6 Å². The van der Waals surface area contributed by atoms with Gasteiger partial charge in [0, 0.05) is 23.1 Å². The van der Waals surface area contributed by atoms with E-state index >= 15 is 0 Å². The summed E-state index contributed by atoms with van der Waals surface area (Å²) >= 11 is 11.9. The minimum atomic E-state index is -0.398. The van der Waals surface area contributed by atoms with Gasteiger partial charge in [0.25, 0.3) is 0 Å². The van der Waals surface area contributed by atoms with E-state index in [4.69, 9.17) is 23.2 Å². The van der Waals surface area contributed by atoms with E-state index in [-0.39, 0.29) is 5.91 Å². The van der Waals surface area contributed by atoms with E-state index in [2.05, 4.69) is 10.6 Å². The van der Waals surface area contributed by atoms with Crippen molar-refractivity contribution in [3.05, 3.63) is 33.8 Å². The van der Waals surface area contributed by atoms with Crippen LogP contribution in [0.25, 0.3) is 0 Å². The zero-order chi connectivity index (χ0) is 10.8. The molecule has 2 rings (SSSR count). The Morgan fingerprint density at radius 2 is 2.07 bits per heavy atom. The number of halogens is 2. The fraction of sp³-hybridized carbons (Fsp3) is 0.300. The highest BCUT2D eigenvalue weighted by molar-refractivity contribution is 6.33. The first-order valence-electron chi connectivity index (χ1n) is 4.64. The Hall–Kier alpha value is -0.770. The summed E-state index contributed by atoms with van der Waals surface area (Å²) in [7, 11) is 0. The van der Waals surface area contributed by atoms with Gasteiger partial charge in [0.1, 0.15) is 6.04 Å². The first-order chi connectivity index (χ1) is 7.18. The van der Waals surface area contributed by atoms with Crippen LogP contribution in [-0.2, 0) is 4.79 Å². The summed E-state index contributed by atoms with van der Waals surface area (Å²) in [6.07, 6.45) is 0. The van der Waals surface area contributed by atoms with Crippen LogP contribution in [-0.4, -0.2) is 19.0 Å². The van der Waals surface area contributed by atoms with Crippen LogP contribution in [0.4, 0.5) is 0 Å². The van der Waals surface area contributed by atoms with Gasteiger partial charge in [0.2, 0.25) is 5.91 Å². The standard InChI is InChI=1S/C10H10Cl2N2O/c11-6-1-2-8(12)7(5-6)9-10(15)14-4-3-13-9/h1-2,5,9,13H,3-4H2,(H,14,15). The lowest BCUT2D eigenvalue weighted by molar-refractivity contribution is -0.124. The second-order valence-electron chi connectivity index (χ2n) is 3.34. The van der Waals surface area contributed by atoms with Crippen LogP contribution in [0.5, 0.6) is 0 Å². The highest BCUT2D eigenvalue weighted by atomic mass is 35.5. The van der Waals surface area contributed by atoms with Crippen molar-refractivity contribution in [2.75, 3.05) is 13.1 Å². The molecular weight excluding hydrogens is 235 g/mol. The first kappa shape index (κ1) is 10.7. The molecule has 80 valence electrons. The highest BCUT2D eigenvalue weighted by Gasteiger charge is 2.25. The molecule has 1 saturated heterocycles. The minimum absolute atomic E-state index is 0.0644. The molecule has 0 aliphatic carbocycles. The number of amides is 1. The Bertz CT molecular complexity index is 395. The number of hydrogen-bond acceptors (Lipinski definition) is 2. The van der Waals surface area contributed by atoms with Gasteiger partial charge in [-0.1, -0.05) is 23.2 Å². The fourth-order valence-electron chi connectivity index (χ4n) is 1.58. The van der Waals surface area contributed by atoms with Crippen LogP contribution in [0, 0.1) is 0 Å². The molecule has 1 aliphatic rings. The molecule has 1 amide bonds. The van der Waals surface area contributed by atoms with Crippen molar-refractivity contribution >= 4 is 29.1 Å². The molecule has 0 aromatic heterocycles. The van der Waals surface area contributed by atoms with Gasteiger partial charge in [-0.15, -0.1) is 0 Å². The molecule has 5 heteroatoms. The van der Waals surface area contributed by atoms with E-state index in [1.54, 1.807) is 18.2 Å². The number of rotatable bonds is 1. The summed E-state index contributed by atoms with van der Waals surface area (Å²) in [6.45, 7) is 1.38. The fourth-order valence-corrected chi connectivity index (χ4v) is 1.99. The summed E-state index contributed by atoms with van der Waals surface area (Å²) < 4.78 is 0. The summed E-state index contributed by atoms with van der Waals surface area (Å²) in [4.78, 5) is 11.6. The Morgan fingerprint density at radius 1 is 1.27 bits per heavy atom. The molecule has 1 aliphatic heterocycles. The Morgan fingerprint density at radius 3 is 2.80 bits per heavy atom. The van der Waals surface area contributed by atoms with Crippen molar-refractivity contribution in [3.8, 4) is 0 Å². The number of carbonyl (C=O) groups excluding carboxylic acids is 1. The Balaban J connectivity index is 2.34. The van der Waals surface area contributed by atoms with Crippen molar-refractivity contribution in [2.24, 2.45) is 0 Å². The number of piperazine rings is 1. The van der Waals surface area contributed by atoms with Gasteiger partial charge in [-0.05, 0) is 23.8 Å². The van der Waals surface area contributed by atoms with Gasteiger partial charge in [0.05, 0.1) is 0 Å². The lowest BCUT2D eigenvalue weighted by atomic mass is 10.0. The summed E-state index contributed by atoms with van der Waals surface area (Å²) in [5.74, 6) is -0.0644. The van der Waals surface area contributed by atoms with E-state index in [0.29, 0.717) is 16.6 Å². The smallest absolute Gasteiger partial charge is 0.241 e. The zero-order valence-corrected chi connectivity index (χ0v) is 9.40. The molecular formula is C10H10Cl2N2O. The number of carbonyl (C=O) groups is 1. The quantitative estimate of drug-likeness (QED) is 0.791. The number of nitrogens with one attached hydrogen (secondary N) is 2. The van der Waals surface area contributed by atoms with Crippen LogP contribution < -0.4 is 10.6 Å². The van der Waals surface area contributed by atoms with Gasteiger partial charge in [0.15, 0.2) is 0 Å². The third-order valence-corrected chi connectivity index (χ3v) is 2.88. The molecule has 1 aromatic rings. The molecule has 1 unspecified atom stereocenters. The third-order valence-electron chi connectivity index (χ3n) is 2.30. The van der Waals surface area contributed by atoms with E-state index in [1.807, 2.05) is 0 Å². The molecule has 15 heavy (non-hydrogen) atoms. The number of benzene rings is 1. The molecule has 1 atom stereocenters. The van der Waals surface area contributed by atoms with Crippen LogP contribution in [0.15, 0.2) is 18.2 Å². The van der Waals surface area contributed by atoms with Crippen molar-refractivity contribution in [3.63, 3.8) is 0 Å². The average Bonchev–Trinajstić information content (AvgIpc) is 2.23. The Kier molecular flexibility index (Phi) is 3.14. The molecule has 0 bridgehead atoms. The second-order valence-corrected chi connectivity index (χ2v) is 4.19. The Labute approximate surface area is 97.8 Å². The summed E-state index contributed by atoms with van der Waals surface area (Å²) in [5, 5.41) is 7.00. The van der Waals surface area contributed by atoms with Gasteiger partial charge in [-0.3, -0.25) is 4.79 Å². The topological polar surface area (TPSA) is 41.1 Å². The SMILES string of the molecule is O=C1NCCNC1c1cc(Cl)ccc1Cl. The summed E-state index contributed by atoms with van der Waals surface area (Å²) in [6, 6.07) is 4.72. The van der Waals surface area contributed by atoms with E-state index < -0.39 is 6.04 Å². The molecule has 2 N–H and O–H groups in total. The van der Waals surface area contributed by atoms with E-state index in [0.717, 1.165) is 12.1 Å². The van der Waals surface area contributed by atoms with Crippen LogP contribution in [0.3, 0.4) is 0 Å². The summed E-state index contributed by atoms with van der Waals surface area (Å²) in [5.41, 5.74) is 0.723. The second kappa shape index (κ2) is 4.39. The third kappa shape index (κ3) is 2.25. The van der Waals surface area contributed by atoms with Crippen molar-refractivity contribution in [2.45, 2.75) is 6.04 Å². The van der Waals surface area contributed by atoms with Gasteiger partial charge >= 0.3 is 0 Å². The van der Waals surface area contributed by atoms with Crippen LogP contribution >= 0.6 is 23.2 Å². The predicted molar refractivity (Wildman–Crippen MR) is 60.2 cm³/mol. The van der Waals surface area contributed by atoms with Gasteiger partial charge in [-0.2, -0.15) is 0 Å². The molecule has 1 fully saturated rings. The molecule has 1 aromatic carbocycles. The lowest BCUT2D eigenvalue weighted by Crippen LogP contribution is -2.47. The number of hydrogen-bond donors (Lipinski definition) is 2. The van der Waals surface area contributed by atoms with Crippen molar-refractivity contribution in [1.29, 1.82) is 0 Å². The van der Waals surface area contributed by atoms with E-state index in [9.17, 15) is 4.79 Å². The molecule has 0 saturated carbocycles. The van der Waals surface area contributed by atoms with Gasteiger partial charge in [-0.25, -0.2) is 0 Å². The molecule has 3 nitrogen and oxygen atoms in total. The zero-order valence-electron chi connectivity index (χ0n) is 7.89. The maximum absolute atomic E-state index is 11.6. The monoisotopic (exact) mass is 244 g/mol. The highest BCUT2D eigenvalue weighted by Crippen LogP contribution is 2.27. The largest absolute Gasteiger partial charge is 0.353 e. The predicted octanol–water partition coefficient (Wildman–Crippen LogP) is 1.75. The lowest BCUT2D eigenvalue weighted by Gasteiger charge is -2.24. The van der Waals surface area contributed by atoms with Crippen molar-refractivity contribution < 1.29 is 4.79 Å². The average molecular weight is 245 g/mol. The molecule has 0 radical (unpaired) electrons. The maximum Gasteiger partial charge on any atom is 0.241 e. The first-order valence-corrected chi connectivity index (χ1v) is 5.40. The molecule has 1 heterocycles. The molecule has 0 spiro atoms. The van der Waals surface area contributed by atoms with Crippen LogP contribution in [0.1, 0.15) is 11.6 Å². The normalized spacial score (nSPS) is 21.2. The minimum Gasteiger partial charge on any atom is -0.353 e. The maximum atomic E-state index is 11.6. The van der Waals surface area contributed by atoms with Crippen LogP contribution in [0.2, 0.25) is 10.0 Å². The van der Waals surface area contributed by atoms with E-state index in [1.165, 1.54) is 0 Å².